The number of amides is 1. The van der Waals surface area contributed by atoms with Crippen molar-refractivity contribution >= 4 is 21.7 Å². The Morgan fingerprint density at radius 1 is 1.22 bits per heavy atom. The Bertz CT molecular complexity index is 1320. The number of anilines is 1. The molecule has 3 heterocycles. The summed E-state index contributed by atoms with van der Waals surface area (Å²) in [6.07, 6.45) is 0.769. The Hall–Kier alpha value is -3.54. The zero-order chi connectivity index (χ0) is 25.9. The van der Waals surface area contributed by atoms with Gasteiger partial charge in [-0.15, -0.1) is 0 Å². The van der Waals surface area contributed by atoms with Crippen LogP contribution in [-0.4, -0.2) is 55.4 Å². The summed E-state index contributed by atoms with van der Waals surface area (Å²) in [6.45, 7) is 4.94. The van der Waals surface area contributed by atoms with E-state index in [1.807, 2.05) is 18.6 Å². The number of pyridine rings is 1. The van der Waals surface area contributed by atoms with Gasteiger partial charge in [-0.05, 0) is 49.1 Å². The number of H-pyrrole nitrogens is 1. The van der Waals surface area contributed by atoms with Gasteiger partial charge in [0.15, 0.2) is 5.03 Å². The lowest BCUT2D eigenvalue weighted by molar-refractivity contribution is 0.0981. The molecule has 1 aromatic carbocycles. The van der Waals surface area contributed by atoms with Crippen LogP contribution in [0, 0.1) is 11.7 Å². The third-order valence-corrected chi connectivity index (χ3v) is 6.85. The number of ether oxygens (including phenoxy) is 1. The highest BCUT2D eigenvalue weighted by Crippen LogP contribution is 2.30. The number of alkyl halides is 1. The minimum atomic E-state index is -4.20. The highest BCUT2D eigenvalue weighted by molar-refractivity contribution is 7.90. The molecule has 0 radical (unpaired) electrons. The standard InChI is InChI=1S/C24H27F2N5O4S/c1-15(2)14-35-19-12-16(11-18(26)13-19)21-4-3-20(23(28-21)31-9-6-17(25)7-10-31)24(32)30-36(33,34)22-5-8-27-29-22/h3-5,8,11-13,15,17H,6-7,9-10,14H2,1-2H3,(H,27,29)(H,30,32). The maximum Gasteiger partial charge on any atom is 0.281 e. The number of piperidine rings is 1. The molecule has 9 nitrogen and oxygen atoms in total. The summed E-state index contributed by atoms with van der Waals surface area (Å²) in [5, 5.41) is 5.63. The molecule has 1 aliphatic heterocycles. The Kier molecular flexibility index (Phi) is 7.53. The molecule has 2 aromatic heterocycles. The highest BCUT2D eigenvalue weighted by atomic mass is 32.2. The van der Waals surface area contributed by atoms with Crippen LogP contribution in [0.25, 0.3) is 11.3 Å². The lowest BCUT2D eigenvalue weighted by atomic mass is 10.1. The van der Waals surface area contributed by atoms with Crippen LogP contribution < -0.4 is 14.4 Å². The zero-order valence-electron chi connectivity index (χ0n) is 19.9. The van der Waals surface area contributed by atoms with Gasteiger partial charge in [-0.2, -0.15) is 13.5 Å². The molecule has 0 atom stereocenters. The quantitative estimate of drug-likeness (QED) is 0.466. The lowest BCUT2D eigenvalue weighted by Crippen LogP contribution is -2.38. The molecule has 0 saturated carbocycles. The number of hydrogen-bond donors (Lipinski definition) is 2. The van der Waals surface area contributed by atoms with Gasteiger partial charge < -0.3 is 9.64 Å². The Morgan fingerprint density at radius 3 is 2.64 bits per heavy atom. The predicted octanol–water partition coefficient (Wildman–Crippen LogP) is 3.70. The van der Waals surface area contributed by atoms with E-state index in [0.717, 1.165) is 0 Å². The second kappa shape index (κ2) is 10.6. The fourth-order valence-electron chi connectivity index (χ4n) is 3.77. The molecule has 1 saturated heterocycles. The summed E-state index contributed by atoms with van der Waals surface area (Å²) in [4.78, 5) is 19.4. The summed E-state index contributed by atoms with van der Waals surface area (Å²) >= 11 is 0. The first-order valence-electron chi connectivity index (χ1n) is 11.5. The smallest absolute Gasteiger partial charge is 0.281 e. The van der Waals surface area contributed by atoms with Crippen molar-refractivity contribution in [2.45, 2.75) is 37.9 Å². The number of aromatic nitrogens is 3. The van der Waals surface area contributed by atoms with Gasteiger partial charge >= 0.3 is 0 Å². The number of nitrogens with one attached hydrogen (secondary N) is 2. The third-order valence-electron chi connectivity index (χ3n) is 5.59. The molecule has 12 heteroatoms. The molecule has 192 valence electrons. The van der Waals surface area contributed by atoms with Crippen LogP contribution in [0.4, 0.5) is 14.6 Å². The number of carbonyl (C=O) groups excluding carboxylic acids is 1. The Morgan fingerprint density at radius 2 is 1.97 bits per heavy atom. The van der Waals surface area contributed by atoms with Gasteiger partial charge in [0, 0.05) is 24.7 Å². The molecule has 0 spiro atoms. The van der Waals surface area contributed by atoms with Gasteiger partial charge in [-0.3, -0.25) is 9.89 Å². The second-order valence-electron chi connectivity index (χ2n) is 8.97. The highest BCUT2D eigenvalue weighted by Gasteiger charge is 2.27. The SMILES string of the molecule is CC(C)COc1cc(F)cc(-c2ccc(C(=O)NS(=O)(=O)c3ccn[nH]3)c(N3CCC(F)CC3)n2)c1. The van der Waals surface area contributed by atoms with Crippen molar-refractivity contribution in [3.63, 3.8) is 0 Å². The van der Waals surface area contributed by atoms with Crippen molar-refractivity contribution in [2.75, 3.05) is 24.6 Å². The molecule has 2 N–H and O–H groups in total. The first-order chi connectivity index (χ1) is 17.1. The van der Waals surface area contributed by atoms with E-state index in [1.54, 1.807) is 11.0 Å². The summed E-state index contributed by atoms with van der Waals surface area (Å²) in [5.74, 6) is -0.643. The molecular weight excluding hydrogens is 492 g/mol. The Labute approximate surface area is 207 Å². The number of sulfonamides is 1. The average Bonchev–Trinajstić information content (AvgIpc) is 3.39. The normalized spacial score (nSPS) is 14.8. The van der Waals surface area contributed by atoms with E-state index in [4.69, 9.17) is 4.74 Å². The van der Waals surface area contributed by atoms with Crippen LogP contribution in [0.15, 0.2) is 47.6 Å². The van der Waals surface area contributed by atoms with Crippen molar-refractivity contribution in [1.29, 1.82) is 0 Å². The van der Waals surface area contributed by atoms with E-state index >= 15 is 0 Å². The van der Waals surface area contributed by atoms with Gasteiger partial charge in [-0.1, -0.05) is 13.8 Å². The van der Waals surface area contributed by atoms with Crippen molar-refractivity contribution < 1.29 is 26.7 Å². The molecule has 36 heavy (non-hydrogen) atoms. The van der Waals surface area contributed by atoms with Crippen molar-refractivity contribution in [1.82, 2.24) is 19.9 Å². The Balaban J connectivity index is 1.70. The summed E-state index contributed by atoms with van der Waals surface area (Å²) in [5.41, 5.74) is 0.772. The van der Waals surface area contributed by atoms with E-state index in [2.05, 4.69) is 15.2 Å². The number of nitrogens with zero attached hydrogens (tertiary/aromatic N) is 3. The largest absolute Gasteiger partial charge is 0.493 e. The van der Waals surface area contributed by atoms with Gasteiger partial charge in [-0.25, -0.2) is 18.5 Å². The number of hydrogen-bond acceptors (Lipinski definition) is 7. The molecule has 0 bridgehead atoms. The molecule has 1 aliphatic rings. The summed E-state index contributed by atoms with van der Waals surface area (Å²) in [6, 6.07) is 8.37. The average molecular weight is 520 g/mol. The topological polar surface area (TPSA) is 117 Å². The summed E-state index contributed by atoms with van der Waals surface area (Å²) in [7, 11) is -4.20. The monoisotopic (exact) mass is 519 g/mol. The third kappa shape index (κ3) is 5.99. The number of rotatable bonds is 8. The first kappa shape index (κ1) is 25.5. The van der Waals surface area contributed by atoms with Gasteiger partial charge in [0.25, 0.3) is 15.9 Å². The fourth-order valence-corrected chi connectivity index (χ4v) is 4.65. The number of halogens is 2. The molecule has 1 amide bonds. The van der Waals surface area contributed by atoms with Gasteiger partial charge in [0.05, 0.1) is 24.1 Å². The van der Waals surface area contributed by atoms with E-state index in [-0.39, 0.29) is 48.3 Å². The van der Waals surface area contributed by atoms with Gasteiger partial charge in [0.1, 0.15) is 23.6 Å². The molecular formula is C24H27F2N5O4S. The van der Waals surface area contributed by atoms with Crippen molar-refractivity contribution in [2.24, 2.45) is 5.92 Å². The number of benzene rings is 1. The number of carbonyl (C=O) groups is 1. The van der Waals surface area contributed by atoms with Crippen LogP contribution in [-0.2, 0) is 10.0 Å². The van der Waals surface area contributed by atoms with E-state index in [0.29, 0.717) is 23.6 Å². The van der Waals surface area contributed by atoms with E-state index in [1.165, 1.54) is 36.5 Å². The molecule has 4 rings (SSSR count). The van der Waals surface area contributed by atoms with Crippen LogP contribution >= 0.6 is 0 Å². The minimum absolute atomic E-state index is 0.00756. The lowest BCUT2D eigenvalue weighted by Gasteiger charge is -2.31. The maximum absolute atomic E-state index is 14.4. The van der Waals surface area contributed by atoms with Crippen molar-refractivity contribution in [3.05, 3.63) is 54.0 Å². The van der Waals surface area contributed by atoms with E-state index in [9.17, 15) is 22.0 Å². The molecule has 0 aliphatic carbocycles. The second-order valence-corrected chi connectivity index (χ2v) is 10.6. The summed E-state index contributed by atoms with van der Waals surface area (Å²) < 4.78 is 60.9. The fraction of sp³-hybridized carbons (Fsp3) is 0.375. The van der Waals surface area contributed by atoms with Crippen LogP contribution in [0.3, 0.4) is 0 Å². The van der Waals surface area contributed by atoms with Gasteiger partial charge in [0.2, 0.25) is 0 Å². The van der Waals surface area contributed by atoms with Crippen LogP contribution in [0.2, 0.25) is 0 Å². The van der Waals surface area contributed by atoms with Crippen LogP contribution in [0.5, 0.6) is 5.75 Å². The first-order valence-corrected chi connectivity index (χ1v) is 13.0. The molecule has 1 fully saturated rings. The maximum atomic E-state index is 14.4. The van der Waals surface area contributed by atoms with Crippen molar-refractivity contribution in [3.8, 4) is 17.0 Å². The predicted molar refractivity (Wildman–Crippen MR) is 130 cm³/mol. The minimum Gasteiger partial charge on any atom is -0.493 e. The number of aromatic amines is 1. The van der Waals surface area contributed by atoms with Crippen LogP contribution in [0.1, 0.15) is 37.0 Å². The molecule has 0 unspecified atom stereocenters. The van der Waals surface area contributed by atoms with E-state index < -0.39 is 27.9 Å². The molecule has 3 aromatic rings. The zero-order valence-corrected chi connectivity index (χ0v) is 20.7.